The van der Waals surface area contributed by atoms with E-state index in [1.807, 2.05) is 13.8 Å². The van der Waals surface area contributed by atoms with Gasteiger partial charge in [0.2, 0.25) is 11.8 Å². The molecule has 1 aromatic rings. The first-order chi connectivity index (χ1) is 8.43. The van der Waals surface area contributed by atoms with Crippen molar-refractivity contribution in [2.45, 2.75) is 19.9 Å². The van der Waals surface area contributed by atoms with Crippen molar-refractivity contribution < 1.29 is 9.53 Å². The molecule has 6 heteroatoms. The van der Waals surface area contributed by atoms with Gasteiger partial charge in [0.1, 0.15) is 5.82 Å². The van der Waals surface area contributed by atoms with Crippen LogP contribution in [0.5, 0.6) is 5.88 Å². The van der Waals surface area contributed by atoms with Gasteiger partial charge in [0, 0.05) is 13.1 Å². The fourth-order valence-electron chi connectivity index (χ4n) is 1.48. The number of anilines is 2. The van der Waals surface area contributed by atoms with Gasteiger partial charge in [-0.05, 0) is 26.0 Å². The number of carbonyl (C=O) groups is 1. The van der Waals surface area contributed by atoms with Crippen molar-refractivity contribution >= 4 is 17.4 Å². The quantitative estimate of drug-likeness (QED) is 0.803. The molecular formula is C12H20N4O2. The minimum Gasteiger partial charge on any atom is -0.479 e. The first-order valence-corrected chi connectivity index (χ1v) is 5.75. The van der Waals surface area contributed by atoms with Gasteiger partial charge in [-0.15, -0.1) is 0 Å². The monoisotopic (exact) mass is 252 g/mol. The summed E-state index contributed by atoms with van der Waals surface area (Å²) in [5, 5.41) is 2.82. The van der Waals surface area contributed by atoms with Crippen LogP contribution in [0.15, 0.2) is 12.1 Å². The van der Waals surface area contributed by atoms with Gasteiger partial charge < -0.3 is 20.7 Å². The number of rotatable bonds is 5. The predicted molar refractivity (Wildman–Crippen MR) is 71.8 cm³/mol. The molecule has 0 aliphatic heterocycles. The average Bonchev–Trinajstić information content (AvgIpc) is 2.28. The first kappa shape index (κ1) is 14.1. The number of nitrogens with one attached hydrogen (secondary N) is 1. The third-order valence-corrected chi connectivity index (χ3v) is 2.29. The highest BCUT2D eigenvalue weighted by atomic mass is 16.5. The molecule has 0 spiro atoms. The second-order valence-electron chi connectivity index (χ2n) is 4.35. The van der Waals surface area contributed by atoms with Crippen molar-refractivity contribution in [3.63, 3.8) is 0 Å². The molecule has 0 saturated carbocycles. The number of nitrogens with two attached hydrogens (primary N) is 1. The van der Waals surface area contributed by atoms with Gasteiger partial charge in [-0.2, -0.15) is 4.98 Å². The maximum atomic E-state index is 11.6. The molecule has 1 rings (SSSR count). The highest BCUT2D eigenvalue weighted by Crippen LogP contribution is 2.21. The van der Waals surface area contributed by atoms with E-state index < -0.39 is 0 Å². The average molecular weight is 252 g/mol. The molecule has 1 amide bonds. The lowest BCUT2D eigenvalue weighted by atomic mass is 10.3. The molecule has 6 nitrogen and oxygen atoms in total. The van der Waals surface area contributed by atoms with Crippen LogP contribution in [-0.4, -0.2) is 37.6 Å². The molecule has 0 saturated heterocycles. The van der Waals surface area contributed by atoms with Gasteiger partial charge in [-0.3, -0.25) is 4.79 Å². The van der Waals surface area contributed by atoms with Crippen LogP contribution in [0.4, 0.5) is 11.5 Å². The minimum atomic E-state index is -0.0508. The van der Waals surface area contributed by atoms with E-state index in [4.69, 9.17) is 10.5 Å². The van der Waals surface area contributed by atoms with Crippen molar-refractivity contribution in [3.05, 3.63) is 12.1 Å². The fourth-order valence-corrected chi connectivity index (χ4v) is 1.48. The van der Waals surface area contributed by atoms with E-state index in [-0.39, 0.29) is 18.5 Å². The molecule has 3 N–H and O–H groups in total. The van der Waals surface area contributed by atoms with Gasteiger partial charge >= 0.3 is 0 Å². The summed E-state index contributed by atoms with van der Waals surface area (Å²) in [6.07, 6.45) is 0. The summed E-state index contributed by atoms with van der Waals surface area (Å²) in [5.41, 5.74) is 6.16. The fraction of sp³-hybridized carbons (Fsp3) is 0.500. The number of carbonyl (C=O) groups excluding carboxylic acids is 1. The number of likely N-dealkylation sites (N-methyl/N-ethyl adjacent to an activating group) is 1. The van der Waals surface area contributed by atoms with Crippen molar-refractivity contribution in [3.8, 4) is 5.88 Å². The number of hydrogen-bond donors (Lipinski definition) is 2. The molecule has 100 valence electrons. The van der Waals surface area contributed by atoms with Crippen molar-refractivity contribution in [2.24, 2.45) is 0 Å². The number of nitrogen functional groups attached to an aromatic ring is 1. The van der Waals surface area contributed by atoms with Crippen molar-refractivity contribution in [1.82, 2.24) is 10.3 Å². The summed E-state index contributed by atoms with van der Waals surface area (Å²) in [6, 6.07) is 3.58. The molecular weight excluding hydrogens is 232 g/mol. The summed E-state index contributed by atoms with van der Waals surface area (Å²) in [4.78, 5) is 17.6. The van der Waals surface area contributed by atoms with Crippen molar-refractivity contribution in [1.29, 1.82) is 0 Å². The zero-order chi connectivity index (χ0) is 13.7. The Bertz CT molecular complexity index is 421. The number of pyridine rings is 1. The molecule has 0 radical (unpaired) electrons. The van der Waals surface area contributed by atoms with E-state index >= 15 is 0 Å². The van der Waals surface area contributed by atoms with Gasteiger partial charge in [-0.1, -0.05) is 0 Å². The van der Waals surface area contributed by atoms with Gasteiger partial charge in [0.05, 0.1) is 19.3 Å². The van der Waals surface area contributed by atoms with Crippen LogP contribution in [-0.2, 0) is 4.79 Å². The number of methoxy groups -OCH3 is 1. The van der Waals surface area contributed by atoms with E-state index in [9.17, 15) is 4.79 Å². The van der Waals surface area contributed by atoms with E-state index in [1.54, 1.807) is 24.1 Å². The third kappa shape index (κ3) is 3.80. The maximum absolute atomic E-state index is 11.6. The molecule has 0 aromatic carbocycles. The maximum Gasteiger partial charge on any atom is 0.239 e. The van der Waals surface area contributed by atoms with Crippen molar-refractivity contribution in [2.75, 3.05) is 31.3 Å². The highest BCUT2D eigenvalue weighted by Gasteiger charge is 2.11. The van der Waals surface area contributed by atoms with Crippen LogP contribution in [0.2, 0.25) is 0 Å². The van der Waals surface area contributed by atoms with Gasteiger partial charge in [-0.25, -0.2) is 0 Å². The minimum absolute atomic E-state index is 0.0508. The van der Waals surface area contributed by atoms with Crippen LogP contribution in [0.3, 0.4) is 0 Å². The molecule has 0 atom stereocenters. The molecule has 0 aliphatic carbocycles. The molecule has 0 bridgehead atoms. The standard InChI is InChI=1S/C12H20N4O2/c1-8(2)14-11(17)7-16(3)10-6-5-9(13)12(15-10)18-4/h5-6,8H,7,13H2,1-4H3,(H,14,17). The molecule has 0 unspecified atom stereocenters. The second kappa shape index (κ2) is 6.09. The lowest BCUT2D eigenvalue weighted by Gasteiger charge is -2.19. The largest absolute Gasteiger partial charge is 0.479 e. The Morgan fingerprint density at radius 2 is 2.22 bits per heavy atom. The van der Waals surface area contributed by atoms with Crippen LogP contribution >= 0.6 is 0 Å². The lowest BCUT2D eigenvalue weighted by Crippen LogP contribution is -2.38. The zero-order valence-electron chi connectivity index (χ0n) is 11.2. The number of nitrogens with zero attached hydrogens (tertiary/aromatic N) is 2. The smallest absolute Gasteiger partial charge is 0.239 e. The summed E-state index contributed by atoms with van der Waals surface area (Å²) in [5.74, 6) is 0.952. The molecule has 0 fully saturated rings. The highest BCUT2D eigenvalue weighted by molar-refractivity contribution is 5.81. The summed E-state index contributed by atoms with van der Waals surface area (Å²) >= 11 is 0. The van der Waals surface area contributed by atoms with Crippen LogP contribution in [0, 0.1) is 0 Å². The lowest BCUT2D eigenvalue weighted by molar-refractivity contribution is -0.120. The van der Waals surface area contributed by atoms with E-state index in [0.29, 0.717) is 17.4 Å². The summed E-state index contributed by atoms with van der Waals surface area (Å²) < 4.78 is 5.04. The van der Waals surface area contributed by atoms with Crippen LogP contribution in [0.1, 0.15) is 13.8 Å². The van der Waals surface area contributed by atoms with E-state index in [2.05, 4.69) is 10.3 Å². The Labute approximate surface area is 107 Å². The summed E-state index contributed by atoms with van der Waals surface area (Å²) in [6.45, 7) is 4.07. The normalized spacial score (nSPS) is 10.3. The first-order valence-electron chi connectivity index (χ1n) is 5.75. The topological polar surface area (TPSA) is 80.5 Å². The number of aromatic nitrogens is 1. The Kier molecular flexibility index (Phi) is 4.76. The molecule has 1 heterocycles. The second-order valence-corrected chi connectivity index (χ2v) is 4.35. The summed E-state index contributed by atoms with van der Waals surface area (Å²) in [7, 11) is 3.30. The van der Waals surface area contributed by atoms with E-state index in [1.165, 1.54) is 7.11 Å². The Balaban J connectivity index is 2.72. The third-order valence-electron chi connectivity index (χ3n) is 2.29. The molecule has 18 heavy (non-hydrogen) atoms. The number of hydrogen-bond acceptors (Lipinski definition) is 5. The Morgan fingerprint density at radius 3 is 2.78 bits per heavy atom. The predicted octanol–water partition coefficient (Wildman–Crippen LogP) is 0.633. The Hall–Kier alpha value is -1.98. The number of amides is 1. The van der Waals surface area contributed by atoms with Gasteiger partial charge in [0.15, 0.2) is 0 Å². The SMILES string of the molecule is COc1nc(N(C)CC(=O)NC(C)C)ccc1N. The van der Waals surface area contributed by atoms with Gasteiger partial charge in [0.25, 0.3) is 0 Å². The zero-order valence-corrected chi connectivity index (χ0v) is 11.2. The Morgan fingerprint density at radius 1 is 1.56 bits per heavy atom. The molecule has 0 aliphatic rings. The molecule has 1 aromatic heterocycles. The van der Waals surface area contributed by atoms with Crippen LogP contribution in [0.25, 0.3) is 0 Å². The number of ether oxygens (including phenoxy) is 1. The van der Waals surface area contributed by atoms with Crippen LogP contribution < -0.4 is 20.7 Å². The van der Waals surface area contributed by atoms with E-state index in [0.717, 1.165) is 0 Å².